The van der Waals surface area contributed by atoms with E-state index in [1.165, 1.54) is 12.1 Å². The minimum absolute atomic E-state index is 0.272. The Bertz CT molecular complexity index is 545. The molecule has 2 atom stereocenters. The SMILES string of the molecule is Cc1ccc(C(CC(=O)O)C(C(=O)O)P(=O)(O)O)cc1. The van der Waals surface area contributed by atoms with Crippen LogP contribution in [-0.2, 0) is 14.2 Å². The van der Waals surface area contributed by atoms with Gasteiger partial charge >= 0.3 is 19.5 Å². The standard InChI is InChI=1S/C12H15O7P/c1-7-2-4-8(5-3-7)9(6-10(13)14)11(12(15)16)20(17,18)19/h2-5,9,11H,6H2,1H3,(H,13,14)(H,15,16)(H2,17,18,19). The maximum Gasteiger partial charge on any atom is 0.340 e. The molecule has 0 spiro atoms. The Balaban J connectivity index is 3.29. The van der Waals surface area contributed by atoms with E-state index in [0.29, 0.717) is 0 Å². The Labute approximate surface area is 115 Å². The molecule has 0 bridgehead atoms. The molecule has 0 aromatic heterocycles. The molecule has 110 valence electrons. The Morgan fingerprint density at radius 1 is 1.15 bits per heavy atom. The monoisotopic (exact) mass is 302 g/mol. The van der Waals surface area contributed by atoms with Crippen LogP contribution in [0.1, 0.15) is 23.5 Å². The molecule has 8 heteroatoms. The zero-order valence-corrected chi connectivity index (χ0v) is 11.5. The molecule has 20 heavy (non-hydrogen) atoms. The third-order valence-corrected chi connectivity index (χ3v) is 4.20. The second-order valence-electron chi connectivity index (χ2n) is 4.49. The molecule has 0 saturated heterocycles. The molecule has 7 nitrogen and oxygen atoms in total. The van der Waals surface area contributed by atoms with E-state index in [-0.39, 0.29) is 5.56 Å². The molecule has 0 saturated carbocycles. The highest BCUT2D eigenvalue weighted by Crippen LogP contribution is 2.49. The van der Waals surface area contributed by atoms with Crippen molar-refractivity contribution in [1.29, 1.82) is 0 Å². The first-order chi connectivity index (χ1) is 9.12. The first-order valence-electron chi connectivity index (χ1n) is 5.69. The predicted molar refractivity (Wildman–Crippen MR) is 69.6 cm³/mol. The molecule has 1 aromatic rings. The Hall–Kier alpha value is -1.69. The number of carboxylic acid groups (broad SMARTS) is 2. The van der Waals surface area contributed by atoms with Gasteiger partial charge in [-0.25, -0.2) is 0 Å². The summed E-state index contributed by atoms with van der Waals surface area (Å²) in [7, 11) is -4.98. The van der Waals surface area contributed by atoms with Gasteiger partial charge in [0.25, 0.3) is 0 Å². The largest absolute Gasteiger partial charge is 0.481 e. The van der Waals surface area contributed by atoms with Gasteiger partial charge in [0.05, 0.1) is 6.42 Å². The van der Waals surface area contributed by atoms with Gasteiger partial charge in [0.15, 0.2) is 5.66 Å². The number of hydrogen-bond donors (Lipinski definition) is 4. The fourth-order valence-corrected chi connectivity index (χ4v) is 3.00. The Morgan fingerprint density at radius 3 is 2.00 bits per heavy atom. The first kappa shape index (κ1) is 16.4. The zero-order valence-electron chi connectivity index (χ0n) is 10.6. The maximum absolute atomic E-state index is 11.4. The minimum Gasteiger partial charge on any atom is -0.481 e. The number of carboxylic acids is 2. The molecule has 1 rings (SSSR count). The highest BCUT2D eigenvalue weighted by molar-refractivity contribution is 7.53. The lowest BCUT2D eigenvalue weighted by Crippen LogP contribution is -2.29. The van der Waals surface area contributed by atoms with E-state index in [1.807, 2.05) is 0 Å². The van der Waals surface area contributed by atoms with Crippen LogP contribution in [0.5, 0.6) is 0 Å². The summed E-state index contributed by atoms with van der Waals surface area (Å²) in [6.07, 6.45) is -0.675. The average Bonchev–Trinajstić information content (AvgIpc) is 2.26. The second-order valence-corrected chi connectivity index (χ2v) is 6.22. The number of carbonyl (C=O) groups is 2. The minimum atomic E-state index is -4.98. The van der Waals surface area contributed by atoms with E-state index in [1.54, 1.807) is 19.1 Å². The number of rotatable bonds is 6. The van der Waals surface area contributed by atoms with Gasteiger partial charge in [-0.05, 0) is 12.5 Å². The molecule has 0 aliphatic carbocycles. The lowest BCUT2D eigenvalue weighted by atomic mass is 9.91. The number of aliphatic carboxylic acids is 2. The summed E-state index contributed by atoms with van der Waals surface area (Å²) in [5.41, 5.74) is -0.944. The lowest BCUT2D eigenvalue weighted by Gasteiger charge is -2.23. The van der Waals surface area contributed by atoms with Gasteiger partial charge in [0, 0.05) is 5.92 Å². The van der Waals surface area contributed by atoms with Crippen LogP contribution in [-0.4, -0.2) is 37.6 Å². The van der Waals surface area contributed by atoms with Crippen LogP contribution in [0.15, 0.2) is 24.3 Å². The van der Waals surface area contributed by atoms with Crippen molar-refractivity contribution >= 4 is 19.5 Å². The molecule has 0 fully saturated rings. The van der Waals surface area contributed by atoms with Gasteiger partial charge in [-0.15, -0.1) is 0 Å². The maximum atomic E-state index is 11.4. The molecule has 0 radical (unpaired) electrons. The number of aryl methyl sites for hydroxylation is 1. The zero-order chi connectivity index (χ0) is 15.5. The van der Waals surface area contributed by atoms with Crippen molar-refractivity contribution in [3.63, 3.8) is 0 Å². The summed E-state index contributed by atoms with van der Waals surface area (Å²) in [5, 5.41) is 17.9. The predicted octanol–water partition coefficient (Wildman–Crippen LogP) is 1.18. The van der Waals surface area contributed by atoms with E-state index in [4.69, 9.17) is 10.2 Å². The van der Waals surface area contributed by atoms with E-state index < -0.39 is 37.5 Å². The summed E-state index contributed by atoms with van der Waals surface area (Å²) in [4.78, 5) is 40.4. The molecule has 4 N–H and O–H groups in total. The van der Waals surface area contributed by atoms with Crippen molar-refractivity contribution in [2.24, 2.45) is 0 Å². The van der Waals surface area contributed by atoms with Crippen molar-refractivity contribution in [3.05, 3.63) is 35.4 Å². The molecule has 0 aliphatic rings. The fourth-order valence-electron chi connectivity index (χ4n) is 1.96. The third kappa shape index (κ3) is 4.16. The summed E-state index contributed by atoms with van der Waals surface area (Å²) in [6, 6.07) is 6.22. The van der Waals surface area contributed by atoms with E-state index in [2.05, 4.69) is 0 Å². The van der Waals surface area contributed by atoms with E-state index >= 15 is 0 Å². The summed E-state index contributed by atoms with van der Waals surface area (Å²) in [6.45, 7) is 1.79. The molecule has 0 heterocycles. The van der Waals surface area contributed by atoms with Gasteiger partial charge in [-0.3, -0.25) is 14.2 Å². The van der Waals surface area contributed by atoms with Crippen molar-refractivity contribution < 1.29 is 34.2 Å². The normalized spacial score (nSPS) is 14.6. The highest BCUT2D eigenvalue weighted by Gasteiger charge is 2.43. The molecule has 2 unspecified atom stereocenters. The molecule has 0 aliphatic heterocycles. The average molecular weight is 302 g/mol. The number of benzene rings is 1. The van der Waals surface area contributed by atoms with Crippen molar-refractivity contribution in [3.8, 4) is 0 Å². The molecule has 0 amide bonds. The Morgan fingerprint density at radius 2 is 1.65 bits per heavy atom. The Kier molecular flexibility index (Phi) is 5.05. The van der Waals surface area contributed by atoms with Crippen LogP contribution in [0.3, 0.4) is 0 Å². The van der Waals surface area contributed by atoms with Crippen LogP contribution < -0.4 is 0 Å². The van der Waals surface area contributed by atoms with Crippen molar-refractivity contribution in [2.75, 3.05) is 0 Å². The topological polar surface area (TPSA) is 132 Å². The van der Waals surface area contributed by atoms with Crippen LogP contribution in [0, 0.1) is 6.92 Å². The van der Waals surface area contributed by atoms with Gasteiger partial charge in [0.1, 0.15) is 0 Å². The number of hydrogen-bond acceptors (Lipinski definition) is 3. The van der Waals surface area contributed by atoms with Crippen molar-refractivity contribution in [1.82, 2.24) is 0 Å². The van der Waals surface area contributed by atoms with E-state index in [0.717, 1.165) is 5.56 Å². The second kappa shape index (κ2) is 6.17. The van der Waals surface area contributed by atoms with Gasteiger partial charge in [0.2, 0.25) is 0 Å². The quantitative estimate of drug-likeness (QED) is 0.580. The summed E-state index contributed by atoms with van der Waals surface area (Å²) >= 11 is 0. The van der Waals surface area contributed by atoms with Crippen LogP contribution >= 0.6 is 7.60 Å². The van der Waals surface area contributed by atoms with Crippen LogP contribution in [0.25, 0.3) is 0 Å². The summed E-state index contributed by atoms with van der Waals surface area (Å²) in [5.74, 6) is -4.34. The van der Waals surface area contributed by atoms with Crippen molar-refractivity contribution in [2.45, 2.75) is 24.9 Å². The summed E-state index contributed by atoms with van der Waals surface area (Å²) < 4.78 is 11.4. The smallest absolute Gasteiger partial charge is 0.340 e. The highest BCUT2D eigenvalue weighted by atomic mass is 31.2. The molecular weight excluding hydrogens is 287 g/mol. The van der Waals surface area contributed by atoms with Gasteiger partial charge in [-0.1, -0.05) is 29.8 Å². The van der Waals surface area contributed by atoms with E-state index in [9.17, 15) is 23.9 Å². The van der Waals surface area contributed by atoms with Crippen LogP contribution in [0.4, 0.5) is 0 Å². The van der Waals surface area contributed by atoms with Crippen LogP contribution in [0.2, 0.25) is 0 Å². The molecule has 1 aromatic carbocycles. The third-order valence-electron chi connectivity index (χ3n) is 2.90. The van der Waals surface area contributed by atoms with Gasteiger partial charge in [-0.2, -0.15) is 0 Å². The lowest BCUT2D eigenvalue weighted by molar-refractivity contribution is -0.139. The fraction of sp³-hybridized carbons (Fsp3) is 0.333. The first-order valence-corrected chi connectivity index (χ1v) is 7.37. The molecular formula is C12H15O7P. The van der Waals surface area contributed by atoms with Gasteiger partial charge < -0.3 is 20.0 Å².